The molecule has 2 aromatic rings. The van der Waals surface area contributed by atoms with Gasteiger partial charge in [-0.25, -0.2) is 0 Å². The normalized spacial score (nSPS) is 24.0. The molecule has 4 heterocycles. The maximum Gasteiger partial charge on any atom is 0.282 e. The first-order valence-electron chi connectivity index (χ1n) is 12.7. The highest BCUT2D eigenvalue weighted by molar-refractivity contribution is 7.86. The molecule has 10 nitrogen and oxygen atoms in total. The molecule has 3 aliphatic heterocycles. The number of fused-ring (bicyclic) bond motifs is 1. The number of hydrogen-bond donors (Lipinski definition) is 0. The average molecular weight is 516 g/mol. The molecular weight excluding hydrogens is 482 g/mol. The minimum atomic E-state index is -3.54. The molecule has 1 aromatic carbocycles. The van der Waals surface area contributed by atoms with E-state index in [4.69, 9.17) is 9.47 Å². The fourth-order valence-electron chi connectivity index (χ4n) is 5.63. The van der Waals surface area contributed by atoms with Gasteiger partial charge in [0.05, 0.1) is 31.0 Å². The van der Waals surface area contributed by atoms with Crippen molar-refractivity contribution in [2.45, 2.75) is 37.3 Å². The van der Waals surface area contributed by atoms with Crippen LogP contribution in [0.25, 0.3) is 10.9 Å². The first-order valence-corrected chi connectivity index (χ1v) is 14.1. The molecule has 0 atom stereocenters. The van der Waals surface area contributed by atoms with Gasteiger partial charge in [0.15, 0.2) is 0 Å². The summed E-state index contributed by atoms with van der Waals surface area (Å²) in [7, 11) is -1.91. The number of methoxy groups -OCH3 is 1. The number of amides is 1. The largest absolute Gasteiger partial charge is 0.495 e. The SMILES string of the molecule is COc1cnc2cc(N3CCN(S(=O)(=O)N4CCC5(CC4)CN(C4CC4)C(=O)CO5)CC3)ccc2c1. The number of nitrogens with zero attached hydrogens (tertiary/aromatic N) is 5. The van der Waals surface area contributed by atoms with Gasteiger partial charge in [0.2, 0.25) is 5.91 Å². The van der Waals surface area contributed by atoms with E-state index in [0.29, 0.717) is 64.7 Å². The fraction of sp³-hybridized carbons (Fsp3) is 0.600. The highest BCUT2D eigenvalue weighted by Crippen LogP contribution is 2.37. The van der Waals surface area contributed by atoms with Gasteiger partial charge in [0.25, 0.3) is 10.2 Å². The van der Waals surface area contributed by atoms with Crippen molar-refractivity contribution in [2.24, 2.45) is 0 Å². The number of benzene rings is 1. The molecule has 1 spiro atoms. The second-order valence-electron chi connectivity index (χ2n) is 10.3. The molecule has 0 unspecified atom stereocenters. The molecule has 6 rings (SSSR count). The highest BCUT2D eigenvalue weighted by Gasteiger charge is 2.48. The van der Waals surface area contributed by atoms with E-state index in [-0.39, 0.29) is 12.5 Å². The number of pyridine rings is 1. The Morgan fingerprint density at radius 2 is 1.75 bits per heavy atom. The highest BCUT2D eigenvalue weighted by atomic mass is 32.2. The third-order valence-corrected chi connectivity index (χ3v) is 10.1. The molecule has 194 valence electrons. The number of ether oxygens (including phenoxy) is 2. The predicted molar refractivity (Wildman–Crippen MR) is 135 cm³/mol. The molecular formula is C25H33N5O5S. The number of morpholine rings is 1. The van der Waals surface area contributed by atoms with Gasteiger partial charge in [-0.2, -0.15) is 17.0 Å². The lowest BCUT2D eigenvalue weighted by atomic mass is 9.90. The van der Waals surface area contributed by atoms with Crippen LogP contribution >= 0.6 is 0 Å². The predicted octanol–water partition coefficient (Wildman–Crippen LogP) is 1.47. The Kier molecular flexibility index (Phi) is 6.06. The van der Waals surface area contributed by atoms with Crippen LogP contribution in [0.2, 0.25) is 0 Å². The van der Waals surface area contributed by atoms with Crippen LogP contribution in [-0.4, -0.2) is 104 Å². The van der Waals surface area contributed by atoms with E-state index in [1.807, 2.05) is 23.1 Å². The summed E-state index contributed by atoms with van der Waals surface area (Å²) in [4.78, 5) is 20.9. The fourth-order valence-corrected chi connectivity index (χ4v) is 7.22. The van der Waals surface area contributed by atoms with Gasteiger partial charge in [0, 0.05) is 56.4 Å². The van der Waals surface area contributed by atoms with Crippen LogP contribution in [0, 0.1) is 0 Å². The van der Waals surface area contributed by atoms with Crippen molar-refractivity contribution in [3.8, 4) is 5.75 Å². The van der Waals surface area contributed by atoms with Crippen molar-refractivity contribution in [3.63, 3.8) is 0 Å². The molecule has 1 aliphatic carbocycles. The van der Waals surface area contributed by atoms with E-state index in [0.717, 1.165) is 35.2 Å². The zero-order valence-electron chi connectivity index (χ0n) is 20.6. The smallest absolute Gasteiger partial charge is 0.282 e. The van der Waals surface area contributed by atoms with Crippen LogP contribution in [-0.2, 0) is 19.7 Å². The number of hydrogen-bond acceptors (Lipinski definition) is 7. The van der Waals surface area contributed by atoms with Crippen LogP contribution in [0.5, 0.6) is 5.75 Å². The van der Waals surface area contributed by atoms with Crippen LogP contribution in [0.15, 0.2) is 30.5 Å². The zero-order valence-corrected chi connectivity index (χ0v) is 21.5. The summed E-state index contributed by atoms with van der Waals surface area (Å²) in [5.41, 5.74) is 1.52. The minimum absolute atomic E-state index is 0.0676. The number of carbonyl (C=O) groups is 1. The summed E-state index contributed by atoms with van der Waals surface area (Å²) in [6.07, 6.45) is 5.09. The topological polar surface area (TPSA) is 95.5 Å². The third kappa shape index (κ3) is 4.42. The second kappa shape index (κ2) is 9.13. The van der Waals surface area contributed by atoms with E-state index >= 15 is 0 Å². The number of anilines is 1. The molecule has 36 heavy (non-hydrogen) atoms. The molecule has 0 radical (unpaired) electrons. The first-order chi connectivity index (χ1) is 17.4. The summed E-state index contributed by atoms with van der Waals surface area (Å²) >= 11 is 0. The molecule has 4 aliphatic rings. The van der Waals surface area contributed by atoms with E-state index in [1.54, 1.807) is 21.9 Å². The Balaban J connectivity index is 1.07. The summed E-state index contributed by atoms with van der Waals surface area (Å²) in [5, 5.41) is 1.01. The molecule has 1 saturated carbocycles. The summed E-state index contributed by atoms with van der Waals surface area (Å²) < 4.78 is 41.3. The van der Waals surface area contributed by atoms with Crippen LogP contribution in [0.4, 0.5) is 5.69 Å². The van der Waals surface area contributed by atoms with E-state index in [9.17, 15) is 13.2 Å². The number of piperazine rings is 1. The number of carbonyl (C=O) groups excluding carboxylic acids is 1. The van der Waals surface area contributed by atoms with Gasteiger partial charge >= 0.3 is 0 Å². The van der Waals surface area contributed by atoms with Crippen LogP contribution < -0.4 is 9.64 Å². The van der Waals surface area contributed by atoms with Gasteiger partial charge in [-0.15, -0.1) is 0 Å². The van der Waals surface area contributed by atoms with E-state index in [1.165, 1.54) is 0 Å². The molecule has 11 heteroatoms. The summed E-state index contributed by atoms with van der Waals surface area (Å²) in [6.45, 7) is 3.70. The van der Waals surface area contributed by atoms with E-state index in [2.05, 4.69) is 16.0 Å². The lowest BCUT2D eigenvalue weighted by Crippen LogP contribution is -2.61. The lowest BCUT2D eigenvalue weighted by Gasteiger charge is -2.47. The van der Waals surface area contributed by atoms with E-state index < -0.39 is 15.8 Å². The van der Waals surface area contributed by atoms with Crippen molar-refractivity contribution in [1.29, 1.82) is 0 Å². The van der Waals surface area contributed by atoms with Gasteiger partial charge < -0.3 is 19.3 Å². The Morgan fingerprint density at radius 3 is 2.44 bits per heavy atom. The second-order valence-corrected chi connectivity index (χ2v) is 12.2. The molecule has 0 N–H and O–H groups in total. The quantitative estimate of drug-likeness (QED) is 0.595. The minimum Gasteiger partial charge on any atom is -0.495 e. The third-order valence-electron chi connectivity index (χ3n) is 8.04. The monoisotopic (exact) mass is 515 g/mol. The van der Waals surface area contributed by atoms with Gasteiger partial charge in [-0.05, 0) is 43.9 Å². The van der Waals surface area contributed by atoms with Gasteiger partial charge in [0.1, 0.15) is 12.4 Å². The zero-order chi connectivity index (χ0) is 24.9. The standard InChI is InChI=1S/C25H33N5O5S/c1-34-22-14-19-2-3-21(15-23(19)26-16-22)27-10-12-29(13-11-27)36(32,33)28-8-6-25(7-9-28)18-30(20-4-5-20)24(31)17-35-25/h2-3,14-16,20H,4-13,17-18H2,1H3. The van der Waals surface area contributed by atoms with Crippen molar-refractivity contribution in [3.05, 3.63) is 30.5 Å². The number of rotatable bonds is 5. The van der Waals surface area contributed by atoms with Crippen molar-refractivity contribution in [1.82, 2.24) is 18.5 Å². The molecule has 0 bridgehead atoms. The van der Waals surface area contributed by atoms with Crippen molar-refractivity contribution >= 4 is 32.7 Å². The molecule has 4 fully saturated rings. The summed E-state index contributed by atoms with van der Waals surface area (Å²) in [6, 6.07) is 8.44. The Labute approximate surface area is 211 Å². The Hall–Kier alpha value is -2.47. The van der Waals surface area contributed by atoms with Crippen LogP contribution in [0.1, 0.15) is 25.7 Å². The Bertz CT molecular complexity index is 1250. The van der Waals surface area contributed by atoms with Gasteiger partial charge in [-0.3, -0.25) is 9.78 Å². The van der Waals surface area contributed by atoms with Crippen LogP contribution in [0.3, 0.4) is 0 Å². The molecule has 1 aromatic heterocycles. The first kappa shape index (κ1) is 23.9. The molecule has 3 saturated heterocycles. The number of piperidine rings is 1. The van der Waals surface area contributed by atoms with Crippen molar-refractivity contribution < 1.29 is 22.7 Å². The molecule has 1 amide bonds. The maximum atomic E-state index is 13.4. The average Bonchev–Trinajstić information content (AvgIpc) is 3.75. The van der Waals surface area contributed by atoms with Crippen molar-refractivity contribution in [2.75, 3.05) is 64.4 Å². The maximum absolute atomic E-state index is 13.4. The Morgan fingerprint density at radius 1 is 1.03 bits per heavy atom. The van der Waals surface area contributed by atoms with Gasteiger partial charge in [-0.1, -0.05) is 6.07 Å². The lowest BCUT2D eigenvalue weighted by molar-refractivity contribution is -0.170. The number of aromatic nitrogens is 1. The summed E-state index contributed by atoms with van der Waals surface area (Å²) in [5.74, 6) is 0.791.